The second-order valence-electron chi connectivity index (χ2n) is 6.54. The Bertz CT molecular complexity index is 862. The summed E-state index contributed by atoms with van der Waals surface area (Å²) in [6.07, 6.45) is 9.37. The number of carbonyl (C=O) groups excluding carboxylic acids is 1. The number of hydrogen-bond donors (Lipinski definition) is 2. The Morgan fingerprint density at radius 2 is 1.96 bits per heavy atom. The molecule has 0 bridgehead atoms. The first kappa shape index (κ1) is 14.9. The van der Waals surface area contributed by atoms with Gasteiger partial charge in [0, 0.05) is 34.9 Å². The summed E-state index contributed by atoms with van der Waals surface area (Å²) >= 11 is 0. The number of nitrogens with one attached hydrogen (secondary N) is 2. The molecule has 1 aliphatic rings. The van der Waals surface area contributed by atoms with Crippen molar-refractivity contribution in [1.82, 2.24) is 9.97 Å². The number of aromatic nitrogens is 2. The van der Waals surface area contributed by atoms with Crippen LogP contribution in [-0.2, 0) is 4.79 Å². The zero-order valence-corrected chi connectivity index (χ0v) is 13.6. The molecule has 2 aromatic heterocycles. The van der Waals surface area contributed by atoms with Crippen LogP contribution in [0.1, 0.15) is 32.1 Å². The van der Waals surface area contributed by atoms with E-state index in [4.69, 9.17) is 0 Å². The van der Waals surface area contributed by atoms with Gasteiger partial charge in [0.15, 0.2) is 0 Å². The Balaban J connectivity index is 1.55. The SMILES string of the molecule is O=C(Nc1cccc(-c2cnc3[nH]ccc3c2)c1)C1CCCCC1. The third-order valence-electron chi connectivity index (χ3n) is 4.84. The maximum Gasteiger partial charge on any atom is 0.227 e. The minimum Gasteiger partial charge on any atom is -0.346 e. The molecule has 0 atom stereocenters. The highest BCUT2D eigenvalue weighted by atomic mass is 16.1. The molecule has 1 aromatic carbocycles. The molecule has 0 radical (unpaired) electrons. The van der Waals surface area contributed by atoms with Crippen molar-refractivity contribution in [2.75, 3.05) is 5.32 Å². The molecule has 1 aliphatic carbocycles. The van der Waals surface area contributed by atoms with Crippen LogP contribution in [0.4, 0.5) is 5.69 Å². The maximum atomic E-state index is 12.4. The molecule has 2 N–H and O–H groups in total. The molecule has 0 aliphatic heterocycles. The van der Waals surface area contributed by atoms with Gasteiger partial charge < -0.3 is 10.3 Å². The van der Waals surface area contributed by atoms with Crippen LogP contribution in [0, 0.1) is 5.92 Å². The van der Waals surface area contributed by atoms with Gasteiger partial charge in [-0.2, -0.15) is 0 Å². The van der Waals surface area contributed by atoms with Crippen LogP contribution in [0.3, 0.4) is 0 Å². The largest absolute Gasteiger partial charge is 0.346 e. The second kappa shape index (κ2) is 6.48. The smallest absolute Gasteiger partial charge is 0.227 e. The third-order valence-corrected chi connectivity index (χ3v) is 4.84. The van der Waals surface area contributed by atoms with E-state index in [1.54, 1.807) is 0 Å². The summed E-state index contributed by atoms with van der Waals surface area (Å²) in [5.74, 6) is 0.325. The molecule has 0 spiro atoms. The van der Waals surface area contributed by atoms with E-state index in [2.05, 4.69) is 21.4 Å². The Kier molecular flexibility index (Phi) is 4.03. The average molecular weight is 319 g/mol. The highest BCUT2D eigenvalue weighted by Crippen LogP contribution is 2.27. The zero-order chi connectivity index (χ0) is 16.4. The predicted molar refractivity (Wildman–Crippen MR) is 96.7 cm³/mol. The van der Waals surface area contributed by atoms with Crippen molar-refractivity contribution in [3.63, 3.8) is 0 Å². The quantitative estimate of drug-likeness (QED) is 0.732. The van der Waals surface area contributed by atoms with Gasteiger partial charge in [-0.25, -0.2) is 4.98 Å². The van der Waals surface area contributed by atoms with Gasteiger partial charge in [-0.15, -0.1) is 0 Å². The van der Waals surface area contributed by atoms with E-state index in [1.807, 2.05) is 42.7 Å². The standard InChI is InChI=1S/C20H21N3O/c24-20(14-5-2-1-3-6-14)23-18-8-4-7-15(12-18)17-11-16-9-10-21-19(16)22-13-17/h4,7-14H,1-3,5-6H2,(H,21,22)(H,23,24). The van der Waals surface area contributed by atoms with Crippen molar-refractivity contribution in [2.45, 2.75) is 32.1 Å². The van der Waals surface area contributed by atoms with E-state index < -0.39 is 0 Å². The minimum absolute atomic E-state index is 0.158. The van der Waals surface area contributed by atoms with Gasteiger partial charge in [0.25, 0.3) is 0 Å². The van der Waals surface area contributed by atoms with E-state index in [1.165, 1.54) is 19.3 Å². The first-order valence-corrected chi connectivity index (χ1v) is 8.64. The maximum absolute atomic E-state index is 12.4. The lowest BCUT2D eigenvalue weighted by Crippen LogP contribution is -2.24. The molecule has 1 saturated carbocycles. The number of amides is 1. The highest BCUT2D eigenvalue weighted by molar-refractivity contribution is 5.93. The topological polar surface area (TPSA) is 57.8 Å². The first-order chi connectivity index (χ1) is 11.8. The fourth-order valence-corrected chi connectivity index (χ4v) is 3.48. The normalized spacial score (nSPS) is 15.5. The molecule has 1 fully saturated rings. The Morgan fingerprint density at radius 3 is 2.83 bits per heavy atom. The number of aromatic amines is 1. The van der Waals surface area contributed by atoms with Crippen molar-refractivity contribution in [1.29, 1.82) is 0 Å². The molecule has 4 heteroatoms. The Hall–Kier alpha value is -2.62. The third kappa shape index (κ3) is 3.04. The molecule has 0 saturated heterocycles. The van der Waals surface area contributed by atoms with Crippen LogP contribution >= 0.6 is 0 Å². The Morgan fingerprint density at radius 1 is 1.08 bits per heavy atom. The molecular weight excluding hydrogens is 298 g/mol. The number of rotatable bonds is 3. The van der Waals surface area contributed by atoms with E-state index in [-0.39, 0.29) is 11.8 Å². The fraction of sp³-hybridized carbons (Fsp3) is 0.300. The molecule has 2 heterocycles. The van der Waals surface area contributed by atoms with Crippen LogP contribution in [0.5, 0.6) is 0 Å². The van der Waals surface area contributed by atoms with Gasteiger partial charge >= 0.3 is 0 Å². The molecule has 3 aromatic rings. The van der Waals surface area contributed by atoms with Gasteiger partial charge in [-0.3, -0.25) is 4.79 Å². The lowest BCUT2D eigenvalue weighted by Gasteiger charge is -2.20. The number of anilines is 1. The van der Waals surface area contributed by atoms with E-state index in [9.17, 15) is 4.79 Å². The van der Waals surface area contributed by atoms with Crippen molar-refractivity contribution in [3.05, 3.63) is 48.8 Å². The van der Waals surface area contributed by atoms with Crippen LogP contribution in [0.15, 0.2) is 48.8 Å². The van der Waals surface area contributed by atoms with Crippen molar-refractivity contribution >= 4 is 22.6 Å². The van der Waals surface area contributed by atoms with Gasteiger partial charge in [0.2, 0.25) is 5.91 Å². The summed E-state index contributed by atoms with van der Waals surface area (Å²) in [6, 6.07) is 12.1. The molecule has 24 heavy (non-hydrogen) atoms. The summed E-state index contributed by atoms with van der Waals surface area (Å²) in [4.78, 5) is 20.0. The molecular formula is C20H21N3O. The molecule has 4 rings (SSSR count). The monoisotopic (exact) mass is 319 g/mol. The molecule has 0 unspecified atom stereocenters. The summed E-state index contributed by atoms with van der Waals surface area (Å²) in [5, 5.41) is 4.18. The van der Waals surface area contributed by atoms with Crippen LogP contribution in [-0.4, -0.2) is 15.9 Å². The van der Waals surface area contributed by atoms with Gasteiger partial charge in [-0.1, -0.05) is 31.4 Å². The van der Waals surface area contributed by atoms with Crippen molar-refractivity contribution < 1.29 is 4.79 Å². The van der Waals surface area contributed by atoms with Gasteiger partial charge in [-0.05, 0) is 42.7 Å². The summed E-state index contributed by atoms with van der Waals surface area (Å²) in [6.45, 7) is 0. The average Bonchev–Trinajstić information content (AvgIpc) is 3.10. The predicted octanol–water partition coefficient (Wildman–Crippen LogP) is 4.75. The number of benzene rings is 1. The zero-order valence-electron chi connectivity index (χ0n) is 13.6. The van der Waals surface area contributed by atoms with Gasteiger partial charge in [0.1, 0.15) is 5.65 Å². The summed E-state index contributed by atoms with van der Waals surface area (Å²) in [7, 11) is 0. The molecule has 122 valence electrons. The van der Waals surface area contributed by atoms with Crippen molar-refractivity contribution in [3.8, 4) is 11.1 Å². The van der Waals surface area contributed by atoms with Crippen molar-refractivity contribution in [2.24, 2.45) is 5.92 Å². The van der Waals surface area contributed by atoms with E-state index in [0.29, 0.717) is 0 Å². The summed E-state index contributed by atoms with van der Waals surface area (Å²) in [5.41, 5.74) is 3.86. The van der Waals surface area contributed by atoms with Crippen LogP contribution in [0.25, 0.3) is 22.2 Å². The van der Waals surface area contributed by atoms with E-state index >= 15 is 0 Å². The van der Waals surface area contributed by atoms with Gasteiger partial charge in [0.05, 0.1) is 0 Å². The number of nitrogens with zero attached hydrogens (tertiary/aromatic N) is 1. The Labute approximate surface area is 141 Å². The number of carbonyl (C=O) groups is 1. The lowest BCUT2D eigenvalue weighted by atomic mass is 9.88. The van der Waals surface area contributed by atoms with E-state index in [0.717, 1.165) is 40.7 Å². The lowest BCUT2D eigenvalue weighted by molar-refractivity contribution is -0.120. The van der Waals surface area contributed by atoms with Crippen LogP contribution in [0.2, 0.25) is 0 Å². The number of hydrogen-bond acceptors (Lipinski definition) is 2. The fourth-order valence-electron chi connectivity index (χ4n) is 3.48. The second-order valence-corrected chi connectivity index (χ2v) is 6.54. The molecule has 1 amide bonds. The van der Waals surface area contributed by atoms with Crippen LogP contribution < -0.4 is 5.32 Å². The number of H-pyrrole nitrogens is 1. The molecule has 4 nitrogen and oxygen atoms in total. The number of fused-ring (bicyclic) bond motifs is 1. The minimum atomic E-state index is 0.158. The summed E-state index contributed by atoms with van der Waals surface area (Å²) < 4.78 is 0. The highest BCUT2D eigenvalue weighted by Gasteiger charge is 2.21. The number of pyridine rings is 1. The first-order valence-electron chi connectivity index (χ1n) is 8.64.